The number of benzene rings is 3. The van der Waals surface area contributed by atoms with Gasteiger partial charge < -0.3 is 9.47 Å². The zero-order valence-electron chi connectivity index (χ0n) is 17.2. The molecule has 0 aliphatic carbocycles. The highest BCUT2D eigenvalue weighted by Gasteiger charge is 2.14. The lowest BCUT2D eigenvalue weighted by molar-refractivity contribution is 0.267. The minimum absolute atomic E-state index is 0.149. The van der Waals surface area contributed by atoms with E-state index in [1.807, 2.05) is 44.2 Å². The van der Waals surface area contributed by atoms with Crippen molar-refractivity contribution in [1.82, 2.24) is 4.83 Å². The fourth-order valence-corrected chi connectivity index (χ4v) is 4.10. The summed E-state index contributed by atoms with van der Waals surface area (Å²) in [6.07, 6.45) is 1.42. The standard InChI is InChI=1S/C23H23BrN2O4S/c1-3-29-22-14-19(13-21(24)23(22)30-16-18-7-5-4-6-8-18)15-25-26-31(27,28)20-11-9-17(2)10-12-20/h4-15,26H,3,16H2,1-2H3/b25-15-. The Morgan fingerprint density at radius 1 is 1.03 bits per heavy atom. The molecule has 3 aromatic rings. The van der Waals surface area contributed by atoms with Crippen LogP contribution in [0.25, 0.3) is 0 Å². The van der Waals surface area contributed by atoms with Crippen LogP contribution in [-0.4, -0.2) is 21.2 Å². The lowest BCUT2D eigenvalue weighted by Crippen LogP contribution is -2.18. The van der Waals surface area contributed by atoms with Crippen LogP contribution in [0.3, 0.4) is 0 Å². The Hall–Kier alpha value is -2.84. The monoisotopic (exact) mass is 502 g/mol. The fourth-order valence-electron chi connectivity index (χ4n) is 2.74. The van der Waals surface area contributed by atoms with E-state index in [-0.39, 0.29) is 4.90 Å². The van der Waals surface area contributed by atoms with E-state index >= 15 is 0 Å². The van der Waals surface area contributed by atoms with Crippen LogP contribution in [0.1, 0.15) is 23.6 Å². The molecule has 0 spiro atoms. The number of nitrogens with zero attached hydrogens (tertiary/aromatic N) is 1. The third-order valence-electron chi connectivity index (χ3n) is 4.28. The molecular formula is C23H23BrN2O4S. The predicted molar refractivity (Wildman–Crippen MR) is 125 cm³/mol. The van der Waals surface area contributed by atoms with Gasteiger partial charge in [-0.1, -0.05) is 48.0 Å². The summed E-state index contributed by atoms with van der Waals surface area (Å²) in [5, 5.41) is 3.90. The summed E-state index contributed by atoms with van der Waals surface area (Å²) in [5.74, 6) is 1.11. The maximum Gasteiger partial charge on any atom is 0.276 e. The molecule has 1 N–H and O–H groups in total. The van der Waals surface area contributed by atoms with E-state index in [2.05, 4.69) is 25.9 Å². The Bertz CT molecular complexity index is 1150. The Morgan fingerprint density at radius 2 is 1.74 bits per heavy atom. The van der Waals surface area contributed by atoms with Gasteiger partial charge in [-0.3, -0.25) is 0 Å². The molecule has 0 bridgehead atoms. The molecule has 8 heteroatoms. The molecule has 0 aliphatic rings. The zero-order valence-corrected chi connectivity index (χ0v) is 19.6. The molecule has 0 fully saturated rings. The first kappa shape index (κ1) is 22.8. The Balaban J connectivity index is 1.76. The van der Waals surface area contributed by atoms with Gasteiger partial charge in [0.05, 0.1) is 22.2 Å². The van der Waals surface area contributed by atoms with Gasteiger partial charge in [0.2, 0.25) is 0 Å². The molecule has 6 nitrogen and oxygen atoms in total. The van der Waals surface area contributed by atoms with Gasteiger partial charge in [0.15, 0.2) is 11.5 Å². The predicted octanol–water partition coefficient (Wildman–Crippen LogP) is 5.05. The number of nitrogens with one attached hydrogen (secondary N) is 1. The fraction of sp³-hybridized carbons (Fsp3) is 0.174. The maximum absolute atomic E-state index is 12.4. The van der Waals surface area contributed by atoms with Gasteiger partial charge in [-0.2, -0.15) is 13.5 Å². The molecule has 0 aromatic heterocycles. The summed E-state index contributed by atoms with van der Waals surface area (Å²) in [7, 11) is -3.74. The number of sulfonamides is 1. The quantitative estimate of drug-likeness (QED) is 0.328. The van der Waals surface area contributed by atoms with Crippen LogP contribution >= 0.6 is 15.9 Å². The van der Waals surface area contributed by atoms with E-state index in [9.17, 15) is 8.42 Å². The van der Waals surface area contributed by atoms with Crippen molar-refractivity contribution in [3.05, 3.63) is 87.9 Å². The Kier molecular flexibility index (Phi) is 7.70. The molecule has 0 amide bonds. The summed E-state index contributed by atoms with van der Waals surface area (Å²) in [5.41, 5.74) is 2.66. The molecule has 0 unspecified atom stereocenters. The largest absolute Gasteiger partial charge is 0.490 e. The average molecular weight is 503 g/mol. The molecule has 0 radical (unpaired) electrons. The van der Waals surface area contributed by atoms with Gasteiger partial charge in [-0.25, -0.2) is 4.83 Å². The molecule has 0 atom stereocenters. The summed E-state index contributed by atoms with van der Waals surface area (Å²) in [6, 6.07) is 19.9. The van der Waals surface area contributed by atoms with Crippen molar-refractivity contribution < 1.29 is 17.9 Å². The number of aryl methyl sites for hydroxylation is 1. The third-order valence-corrected chi connectivity index (χ3v) is 6.10. The van der Waals surface area contributed by atoms with E-state index in [1.54, 1.807) is 24.3 Å². The van der Waals surface area contributed by atoms with Crippen LogP contribution in [0.2, 0.25) is 0 Å². The van der Waals surface area contributed by atoms with Crippen LogP contribution in [0.4, 0.5) is 0 Å². The van der Waals surface area contributed by atoms with E-state index in [1.165, 1.54) is 18.3 Å². The lowest BCUT2D eigenvalue weighted by atomic mass is 10.2. The molecule has 0 saturated heterocycles. The second-order valence-electron chi connectivity index (χ2n) is 6.70. The topological polar surface area (TPSA) is 77.0 Å². The van der Waals surface area contributed by atoms with E-state index in [0.29, 0.717) is 34.7 Å². The summed E-state index contributed by atoms with van der Waals surface area (Å²) in [4.78, 5) is 2.38. The summed E-state index contributed by atoms with van der Waals surface area (Å²) in [6.45, 7) is 4.62. The average Bonchev–Trinajstić information content (AvgIpc) is 2.74. The maximum atomic E-state index is 12.4. The minimum Gasteiger partial charge on any atom is -0.490 e. The Labute approximate surface area is 191 Å². The van der Waals surface area contributed by atoms with Crippen molar-refractivity contribution in [2.24, 2.45) is 5.10 Å². The second kappa shape index (κ2) is 10.5. The van der Waals surface area contributed by atoms with Crippen molar-refractivity contribution in [1.29, 1.82) is 0 Å². The highest BCUT2D eigenvalue weighted by molar-refractivity contribution is 9.10. The van der Waals surface area contributed by atoms with Crippen LogP contribution in [-0.2, 0) is 16.6 Å². The van der Waals surface area contributed by atoms with Gasteiger partial charge in [0, 0.05) is 0 Å². The van der Waals surface area contributed by atoms with Crippen LogP contribution in [0.5, 0.6) is 11.5 Å². The third kappa shape index (κ3) is 6.32. The van der Waals surface area contributed by atoms with Crippen LogP contribution in [0.15, 0.2) is 81.2 Å². The summed E-state index contributed by atoms with van der Waals surface area (Å²) < 4.78 is 37.1. The number of ether oxygens (including phenoxy) is 2. The number of rotatable bonds is 9. The highest BCUT2D eigenvalue weighted by Crippen LogP contribution is 2.37. The smallest absolute Gasteiger partial charge is 0.276 e. The van der Waals surface area contributed by atoms with Crippen molar-refractivity contribution >= 4 is 32.2 Å². The van der Waals surface area contributed by atoms with Gasteiger partial charge in [0.1, 0.15) is 6.61 Å². The minimum atomic E-state index is -3.74. The van der Waals surface area contributed by atoms with Gasteiger partial charge >= 0.3 is 0 Å². The first-order chi connectivity index (χ1) is 14.9. The van der Waals surface area contributed by atoms with Crippen molar-refractivity contribution in [3.8, 4) is 11.5 Å². The van der Waals surface area contributed by atoms with Crippen LogP contribution < -0.4 is 14.3 Å². The van der Waals surface area contributed by atoms with Crippen LogP contribution in [0, 0.1) is 6.92 Å². The normalized spacial score (nSPS) is 11.5. The first-order valence-corrected chi connectivity index (χ1v) is 11.9. The van der Waals surface area contributed by atoms with E-state index < -0.39 is 10.0 Å². The van der Waals surface area contributed by atoms with E-state index in [4.69, 9.17) is 9.47 Å². The molecule has 0 saturated carbocycles. The molecule has 3 rings (SSSR count). The van der Waals surface area contributed by atoms with Gasteiger partial charge in [-0.15, -0.1) is 0 Å². The van der Waals surface area contributed by atoms with Crippen molar-refractivity contribution in [2.45, 2.75) is 25.3 Å². The Morgan fingerprint density at radius 3 is 2.42 bits per heavy atom. The lowest BCUT2D eigenvalue weighted by Gasteiger charge is -2.14. The zero-order chi connectivity index (χ0) is 22.3. The van der Waals surface area contributed by atoms with Crippen molar-refractivity contribution in [2.75, 3.05) is 6.61 Å². The number of hydrogen-bond acceptors (Lipinski definition) is 5. The van der Waals surface area contributed by atoms with Gasteiger partial charge in [0.25, 0.3) is 10.0 Å². The van der Waals surface area contributed by atoms with Crippen molar-refractivity contribution in [3.63, 3.8) is 0 Å². The molecular weight excluding hydrogens is 480 g/mol. The highest BCUT2D eigenvalue weighted by atomic mass is 79.9. The molecule has 3 aromatic carbocycles. The number of hydrogen-bond donors (Lipinski definition) is 1. The van der Waals surface area contributed by atoms with E-state index in [0.717, 1.165) is 11.1 Å². The van der Waals surface area contributed by atoms with Gasteiger partial charge in [-0.05, 0) is 65.2 Å². The molecule has 162 valence electrons. The number of halogens is 1. The first-order valence-electron chi connectivity index (χ1n) is 9.63. The SMILES string of the molecule is CCOc1cc(/C=N\NS(=O)(=O)c2ccc(C)cc2)cc(Br)c1OCc1ccccc1. The number of hydrazone groups is 1. The molecule has 31 heavy (non-hydrogen) atoms. The summed E-state index contributed by atoms with van der Waals surface area (Å²) >= 11 is 3.51. The molecule has 0 heterocycles. The molecule has 0 aliphatic heterocycles. The second-order valence-corrected chi connectivity index (χ2v) is 9.22.